The lowest BCUT2D eigenvalue weighted by atomic mass is 10.0. The van der Waals surface area contributed by atoms with Crippen molar-refractivity contribution in [3.63, 3.8) is 0 Å². The minimum Gasteiger partial charge on any atom is -0.394 e. The van der Waals surface area contributed by atoms with Gasteiger partial charge in [-0.1, -0.05) is 0 Å². The highest BCUT2D eigenvalue weighted by atomic mass is 16.3. The van der Waals surface area contributed by atoms with Crippen LogP contribution in [-0.2, 0) is 13.1 Å². The van der Waals surface area contributed by atoms with E-state index < -0.39 is 5.54 Å². The summed E-state index contributed by atoms with van der Waals surface area (Å²) in [7, 11) is 0. The number of nitrogens with one attached hydrogen (secondary N) is 1. The second kappa shape index (κ2) is 6.67. The number of hydrogen-bond acceptors (Lipinski definition) is 6. The zero-order chi connectivity index (χ0) is 12.7. The smallest absolute Gasteiger partial charge is 0.0884 e. The maximum atomic E-state index is 9.11. The first-order valence-corrected chi connectivity index (χ1v) is 5.39. The maximum absolute atomic E-state index is 9.11. The summed E-state index contributed by atoms with van der Waals surface area (Å²) >= 11 is 0. The molecule has 1 aromatic rings. The van der Waals surface area contributed by atoms with E-state index in [2.05, 4.69) is 10.4 Å². The summed E-state index contributed by atoms with van der Waals surface area (Å²) in [6, 6.07) is 0. The molecule has 0 aromatic carbocycles. The topological polar surface area (TPSA) is 111 Å². The van der Waals surface area contributed by atoms with E-state index in [1.54, 1.807) is 17.1 Å². The molecule has 0 aliphatic carbocycles. The van der Waals surface area contributed by atoms with Crippen LogP contribution in [0.2, 0.25) is 0 Å². The molecule has 0 saturated carbocycles. The third kappa shape index (κ3) is 3.76. The van der Waals surface area contributed by atoms with Crippen molar-refractivity contribution in [1.82, 2.24) is 15.1 Å². The molecule has 0 spiro atoms. The molecule has 98 valence electrons. The van der Waals surface area contributed by atoms with Crippen LogP contribution in [0.5, 0.6) is 0 Å². The summed E-state index contributed by atoms with van der Waals surface area (Å²) in [4.78, 5) is 0. The Morgan fingerprint density at radius 3 is 2.35 bits per heavy atom. The van der Waals surface area contributed by atoms with Crippen molar-refractivity contribution in [2.45, 2.75) is 18.6 Å². The van der Waals surface area contributed by atoms with Gasteiger partial charge in [0.25, 0.3) is 0 Å². The van der Waals surface area contributed by atoms with Crippen molar-refractivity contribution < 1.29 is 20.4 Å². The fourth-order valence-electron chi connectivity index (χ4n) is 1.33. The van der Waals surface area contributed by atoms with Gasteiger partial charge in [-0.2, -0.15) is 5.10 Å². The number of rotatable bonds is 8. The molecule has 0 aliphatic heterocycles. The molecule has 0 aliphatic rings. The minimum absolute atomic E-state index is 0.0163. The molecule has 1 heterocycles. The molecule has 0 fully saturated rings. The average molecular weight is 245 g/mol. The molecule has 0 radical (unpaired) electrons. The van der Waals surface area contributed by atoms with Crippen LogP contribution < -0.4 is 5.32 Å². The van der Waals surface area contributed by atoms with Gasteiger partial charge in [0.1, 0.15) is 0 Å². The Morgan fingerprint density at radius 1 is 1.18 bits per heavy atom. The second-order valence-electron chi connectivity index (χ2n) is 3.94. The quantitative estimate of drug-likeness (QED) is 0.352. The maximum Gasteiger partial charge on any atom is 0.0884 e. The standard InChI is InChI=1S/C10H19N3O4/c14-2-1-13-5-9(4-12-13)3-11-10(6-15,7-16)8-17/h4-5,11,14-17H,1-3,6-8H2. The summed E-state index contributed by atoms with van der Waals surface area (Å²) in [6.07, 6.45) is 3.37. The van der Waals surface area contributed by atoms with Crippen LogP contribution in [0.15, 0.2) is 12.4 Å². The van der Waals surface area contributed by atoms with Gasteiger partial charge in [0.2, 0.25) is 0 Å². The van der Waals surface area contributed by atoms with E-state index in [1.165, 1.54) is 0 Å². The number of nitrogens with zero attached hydrogens (tertiary/aromatic N) is 2. The minimum atomic E-state index is -1.08. The fraction of sp³-hybridized carbons (Fsp3) is 0.700. The van der Waals surface area contributed by atoms with Gasteiger partial charge in [-0.15, -0.1) is 0 Å². The lowest BCUT2D eigenvalue weighted by molar-refractivity contribution is 0.0414. The third-order valence-electron chi connectivity index (χ3n) is 2.59. The van der Waals surface area contributed by atoms with Gasteiger partial charge in [-0.25, -0.2) is 0 Å². The molecule has 7 nitrogen and oxygen atoms in total. The number of hydrogen-bond donors (Lipinski definition) is 5. The number of aliphatic hydroxyl groups is 4. The molecule has 17 heavy (non-hydrogen) atoms. The van der Waals surface area contributed by atoms with Gasteiger partial charge < -0.3 is 25.7 Å². The fourth-order valence-corrected chi connectivity index (χ4v) is 1.33. The van der Waals surface area contributed by atoms with Crippen LogP contribution in [0.25, 0.3) is 0 Å². The Morgan fingerprint density at radius 2 is 1.82 bits per heavy atom. The van der Waals surface area contributed by atoms with Crippen LogP contribution in [0.4, 0.5) is 0 Å². The van der Waals surface area contributed by atoms with Crippen molar-refractivity contribution in [3.05, 3.63) is 18.0 Å². The first-order chi connectivity index (χ1) is 8.19. The monoisotopic (exact) mass is 245 g/mol. The second-order valence-corrected chi connectivity index (χ2v) is 3.94. The zero-order valence-electron chi connectivity index (χ0n) is 9.58. The Balaban J connectivity index is 2.53. The van der Waals surface area contributed by atoms with Crippen molar-refractivity contribution in [2.75, 3.05) is 26.4 Å². The van der Waals surface area contributed by atoms with Crippen molar-refractivity contribution in [1.29, 1.82) is 0 Å². The highest BCUT2D eigenvalue weighted by Crippen LogP contribution is 2.05. The molecule has 0 saturated heterocycles. The molecule has 1 aromatic heterocycles. The molecule has 0 bridgehead atoms. The van der Waals surface area contributed by atoms with E-state index >= 15 is 0 Å². The van der Waals surface area contributed by atoms with Crippen LogP contribution in [-0.4, -0.2) is 62.2 Å². The van der Waals surface area contributed by atoms with Gasteiger partial charge in [0.15, 0.2) is 0 Å². The Hall–Kier alpha value is -0.990. The lowest BCUT2D eigenvalue weighted by Crippen LogP contribution is -2.54. The zero-order valence-corrected chi connectivity index (χ0v) is 9.58. The lowest BCUT2D eigenvalue weighted by Gasteiger charge is -2.28. The van der Waals surface area contributed by atoms with E-state index in [4.69, 9.17) is 20.4 Å². The van der Waals surface area contributed by atoms with Gasteiger partial charge in [0, 0.05) is 18.3 Å². The summed E-state index contributed by atoms with van der Waals surface area (Å²) in [6.45, 7) is -0.263. The van der Waals surface area contributed by atoms with Crippen LogP contribution in [0, 0.1) is 0 Å². The summed E-state index contributed by atoms with van der Waals surface area (Å²) in [5, 5.41) is 43.0. The van der Waals surface area contributed by atoms with E-state index in [9.17, 15) is 0 Å². The Bertz CT molecular complexity index is 317. The molecular formula is C10H19N3O4. The molecule has 7 heteroatoms. The largest absolute Gasteiger partial charge is 0.394 e. The van der Waals surface area contributed by atoms with Gasteiger partial charge >= 0.3 is 0 Å². The molecule has 0 amide bonds. The van der Waals surface area contributed by atoms with Gasteiger partial charge in [-0.05, 0) is 0 Å². The molecule has 0 unspecified atom stereocenters. The molecule has 5 N–H and O–H groups in total. The Kier molecular flexibility index (Phi) is 5.52. The van der Waals surface area contributed by atoms with Crippen LogP contribution in [0.3, 0.4) is 0 Å². The number of aliphatic hydroxyl groups excluding tert-OH is 4. The third-order valence-corrected chi connectivity index (χ3v) is 2.59. The van der Waals surface area contributed by atoms with Crippen molar-refractivity contribution in [2.24, 2.45) is 0 Å². The molecule has 0 atom stereocenters. The first-order valence-electron chi connectivity index (χ1n) is 5.39. The predicted octanol–water partition coefficient (Wildman–Crippen LogP) is -2.32. The van der Waals surface area contributed by atoms with Crippen LogP contribution in [0.1, 0.15) is 5.56 Å². The number of aromatic nitrogens is 2. The van der Waals surface area contributed by atoms with Gasteiger partial charge in [0.05, 0.1) is 44.7 Å². The van der Waals surface area contributed by atoms with Gasteiger partial charge in [-0.3, -0.25) is 4.68 Å². The van der Waals surface area contributed by atoms with E-state index in [-0.39, 0.29) is 26.4 Å². The summed E-state index contributed by atoms with van der Waals surface area (Å²) in [5.74, 6) is 0. The predicted molar refractivity (Wildman–Crippen MR) is 60.1 cm³/mol. The molecular weight excluding hydrogens is 226 g/mol. The highest BCUT2D eigenvalue weighted by molar-refractivity contribution is 5.04. The van der Waals surface area contributed by atoms with E-state index in [0.29, 0.717) is 13.1 Å². The normalized spacial score (nSPS) is 12.0. The SMILES string of the molecule is OCCn1cc(CNC(CO)(CO)CO)cn1. The molecule has 1 rings (SSSR count). The first kappa shape index (κ1) is 14.1. The highest BCUT2D eigenvalue weighted by Gasteiger charge is 2.27. The van der Waals surface area contributed by atoms with Crippen molar-refractivity contribution >= 4 is 0 Å². The van der Waals surface area contributed by atoms with Crippen molar-refractivity contribution in [3.8, 4) is 0 Å². The summed E-state index contributed by atoms with van der Waals surface area (Å²) < 4.78 is 1.59. The Labute approximate surface area is 99.3 Å². The average Bonchev–Trinajstić information content (AvgIpc) is 2.80. The van der Waals surface area contributed by atoms with E-state index in [0.717, 1.165) is 5.56 Å². The van der Waals surface area contributed by atoms with Crippen LogP contribution >= 0.6 is 0 Å². The van der Waals surface area contributed by atoms with E-state index in [1.807, 2.05) is 0 Å². The summed E-state index contributed by atoms with van der Waals surface area (Å²) in [5.41, 5.74) is -0.239.